The number of Topliss-reactive ketones (excluding diaryl/α,β-unsaturated/α-hetero) is 1. The van der Waals surface area contributed by atoms with E-state index in [1.165, 1.54) is 0 Å². The standard InChI is InChI=1S/C23H17N3O3/c27-22(19-15-26-20-8-2-1-7-18(19)20)23(28)25-11-3-4-13-29-17-10-9-16-6-5-12-24-21(16)14-17/h1-2,5-10,12,14-15,26H,11,13H2,(H,25,28). The number of benzene rings is 2. The Kier molecular flexibility index (Phi) is 5.21. The Labute approximate surface area is 166 Å². The average Bonchev–Trinajstić information content (AvgIpc) is 3.19. The minimum atomic E-state index is -0.689. The van der Waals surface area contributed by atoms with Gasteiger partial charge in [0.2, 0.25) is 0 Å². The van der Waals surface area contributed by atoms with Crippen molar-refractivity contribution in [2.45, 2.75) is 0 Å². The number of nitrogens with one attached hydrogen (secondary N) is 2. The predicted octanol–water partition coefficient (Wildman–Crippen LogP) is 3.10. The molecule has 0 aliphatic heterocycles. The van der Waals surface area contributed by atoms with Crippen LogP contribution in [0.3, 0.4) is 0 Å². The number of ether oxygens (including phenoxy) is 1. The quantitative estimate of drug-likeness (QED) is 0.315. The maximum atomic E-state index is 12.3. The number of nitrogens with zero attached hydrogens (tertiary/aromatic N) is 1. The topological polar surface area (TPSA) is 84.1 Å². The number of pyridine rings is 1. The van der Waals surface area contributed by atoms with Gasteiger partial charge in [0.15, 0.2) is 0 Å². The van der Waals surface area contributed by atoms with Gasteiger partial charge in [-0.05, 0) is 24.3 Å². The Morgan fingerprint density at radius 1 is 1.07 bits per heavy atom. The van der Waals surface area contributed by atoms with Crippen LogP contribution in [-0.2, 0) is 4.79 Å². The molecule has 2 heterocycles. The number of amides is 1. The summed E-state index contributed by atoms with van der Waals surface area (Å²) >= 11 is 0. The number of H-pyrrole nitrogens is 1. The van der Waals surface area contributed by atoms with Gasteiger partial charge in [0.25, 0.3) is 11.7 Å². The summed E-state index contributed by atoms with van der Waals surface area (Å²) in [6, 6.07) is 16.8. The number of para-hydroxylation sites is 1. The molecule has 2 aromatic heterocycles. The highest BCUT2D eigenvalue weighted by Crippen LogP contribution is 2.19. The highest BCUT2D eigenvalue weighted by Gasteiger charge is 2.18. The molecule has 142 valence electrons. The van der Waals surface area contributed by atoms with Crippen LogP contribution >= 0.6 is 0 Å². The first kappa shape index (κ1) is 18.3. The van der Waals surface area contributed by atoms with Gasteiger partial charge in [0.05, 0.1) is 17.6 Å². The van der Waals surface area contributed by atoms with Crippen molar-refractivity contribution in [2.24, 2.45) is 0 Å². The average molecular weight is 383 g/mol. The zero-order valence-electron chi connectivity index (χ0n) is 15.4. The molecule has 29 heavy (non-hydrogen) atoms. The fourth-order valence-corrected chi connectivity index (χ4v) is 2.96. The lowest BCUT2D eigenvalue weighted by molar-refractivity contribution is -0.116. The maximum Gasteiger partial charge on any atom is 0.293 e. The fourth-order valence-electron chi connectivity index (χ4n) is 2.96. The van der Waals surface area contributed by atoms with E-state index >= 15 is 0 Å². The molecule has 6 nitrogen and oxygen atoms in total. The molecule has 2 aromatic carbocycles. The lowest BCUT2D eigenvalue weighted by Crippen LogP contribution is -2.31. The molecular weight excluding hydrogens is 366 g/mol. The number of aromatic nitrogens is 2. The molecule has 6 heteroatoms. The first-order chi connectivity index (χ1) is 14.2. The number of carbonyl (C=O) groups excluding carboxylic acids is 2. The summed E-state index contributed by atoms with van der Waals surface area (Å²) in [6.45, 7) is 0.236. The smallest absolute Gasteiger partial charge is 0.293 e. The van der Waals surface area contributed by atoms with Crippen LogP contribution in [-0.4, -0.2) is 34.8 Å². The number of carbonyl (C=O) groups is 2. The number of hydrogen-bond donors (Lipinski definition) is 2. The summed E-state index contributed by atoms with van der Waals surface area (Å²) in [5.41, 5.74) is 2.00. The highest BCUT2D eigenvalue weighted by atomic mass is 16.5. The van der Waals surface area contributed by atoms with E-state index < -0.39 is 11.7 Å². The molecule has 0 spiro atoms. The van der Waals surface area contributed by atoms with Gasteiger partial charge in [-0.3, -0.25) is 14.6 Å². The zero-order valence-corrected chi connectivity index (χ0v) is 15.4. The number of rotatable bonds is 5. The Bertz CT molecular complexity index is 1260. The number of aromatic amines is 1. The van der Waals surface area contributed by atoms with Crippen molar-refractivity contribution in [1.82, 2.24) is 15.3 Å². The summed E-state index contributed by atoms with van der Waals surface area (Å²) < 4.78 is 5.58. The molecule has 4 aromatic rings. The highest BCUT2D eigenvalue weighted by molar-refractivity contribution is 6.45. The summed E-state index contributed by atoms with van der Waals surface area (Å²) in [6.07, 6.45) is 3.27. The molecule has 0 aliphatic carbocycles. The van der Waals surface area contributed by atoms with Crippen molar-refractivity contribution in [3.63, 3.8) is 0 Å². The molecule has 0 unspecified atom stereocenters. The molecule has 0 fully saturated rings. The predicted molar refractivity (Wildman–Crippen MR) is 111 cm³/mol. The van der Waals surface area contributed by atoms with E-state index in [4.69, 9.17) is 4.74 Å². The molecule has 4 rings (SSSR count). The molecule has 0 saturated heterocycles. The minimum Gasteiger partial charge on any atom is -0.481 e. The van der Waals surface area contributed by atoms with Crippen LogP contribution in [0, 0.1) is 11.8 Å². The Hall–Kier alpha value is -4.11. The number of fused-ring (bicyclic) bond motifs is 2. The van der Waals surface area contributed by atoms with Crippen molar-refractivity contribution >= 4 is 33.5 Å². The van der Waals surface area contributed by atoms with E-state index in [1.54, 1.807) is 18.5 Å². The summed E-state index contributed by atoms with van der Waals surface area (Å²) in [5.74, 6) is 4.98. The first-order valence-corrected chi connectivity index (χ1v) is 9.04. The van der Waals surface area contributed by atoms with Gasteiger partial charge < -0.3 is 15.0 Å². The molecular formula is C23H17N3O3. The van der Waals surface area contributed by atoms with Gasteiger partial charge in [-0.15, -0.1) is 0 Å². The van der Waals surface area contributed by atoms with E-state index in [2.05, 4.69) is 27.1 Å². The van der Waals surface area contributed by atoms with Crippen molar-refractivity contribution in [2.75, 3.05) is 13.2 Å². The van der Waals surface area contributed by atoms with Crippen LogP contribution in [0.25, 0.3) is 21.8 Å². The van der Waals surface area contributed by atoms with Gasteiger partial charge >= 0.3 is 0 Å². The van der Waals surface area contributed by atoms with Crippen LogP contribution in [0.2, 0.25) is 0 Å². The van der Waals surface area contributed by atoms with Crippen LogP contribution in [0.15, 0.2) is 67.0 Å². The Balaban J connectivity index is 1.28. The number of ketones is 1. The third-order valence-electron chi connectivity index (χ3n) is 4.39. The summed E-state index contributed by atoms with van der Waals surface area (Å²) in [5, 5.41) is 4.27. The van der Waals surface area contributed by atoms with Crippen molar-refractivity contribution < 1.29 is 14.3 Å². The third kappa shape index (κ3) is 4.09. The van der Waals surface area contributed by atoms with Gasteiger partial charge in [-0.2, -0.15) is 0 Å². The van der Waals surface area contributed by atoms with Crippen LogP contribution in [0.4, 0.5) is 0 Å². The van der Waals surface area contributed by atoms with Crippen molar-refractivity contribution in [3.8, 4) is 17.6 Å². The van der Waals surface area contributed by atoms with E-state index in [-0.39, 0.29) is 13.2 Å². The third-order valence-corrected chi connectivity index (χ3v) is 4.39. The maximum absolute atomic E-state index is 12.3. The van der Waals surface area contributed by atoms with Crippen molar-refractivity contribution in [3.05, 3.63) is 72.6 Å². The Morgan fingerprint density at radius 3 is 2.90 bits per heavy atom. The lowest BCUT2D eigenvalue weighted by atomic mass is 10.1. The van der Waals surface area contributed by atoms with Gasteiger partial charge in [-0.1, -0.05) is 36.1 Å². The van der Waals surface area contributed by atoms with Gasteiger partial charge in [0.1, 0.15) is 12.4 Å². The van der Waals surface area contributed by atoms with Crippen LogP contribution in [0.1, 0.15) is 10.4 Å². The monoisotopic (exact) mass is 383 g/mol. The van der Waals surface area contributed by atoms with Crippen LogP contribution < -0.4 is 10.1 Å². The number of hydrogen-bond acceptors (Lipinski definition) is 4. The van der Waals surface area contributed by atoms with Gasteiger partial charge in [-0.25, -0.2) is 0 Å². The van der Waals surface area contributed by atoms with E-state index in [1.807, 2.05) is 48.5 Å². The van der Waals surface area contributed by atoms with Crippen LogP contribution in [0.5, 0.6) is 5.75 Å². The molecule has 0 atom stereocenters. The largest absolute Gasteiger partial charge is 0.481 e. The Morgan fingerprint density at radius 2 is 1.97 bits per heavy atom. The SMILES string of the molecule is O=C(NCC#CCOc1ccc2cccnc2c1)C(=O)c1c[nH]c2ccccc12. The molecule has 1 amide bonds. The zero-order chi connectivity index (χ0) is 20.1. The normalized spacial score (nSPS) is 10.3. The lowest BCUT2D eigenvalue weighted by Gasteiger charge is -2.03. The minimum absolute atomic E-state index is 0.0650. The second kappa shape index (κ2) is 8.28. The molecule has 0 saturated carbocycles. The van der Waals surface area contributed by atoms with E-state index in [9.17, 15) is 9.59 Å². The fraction of sp³-hybridized carbons (Fsp3) is 0.0870. The molecule has 2 N–H and O–H groups in total. The second-order valence-corrected chi connectivity index (χ2v) is 6.26. The second-order valence-electron chi connectivity index (χ2n) is 6.26. The van der Waals surface area contributed by atoms with Crippen molar-refractivity contribution in [1.29, 1.82) is 0 Å². The molecule has 0 bridgehead atoms. The van der Waals surface area contributed by atoms with E-state index in [0.717, 1.165) is 21.8 Å². The molecule has 0 aliphatic rings. The summed E-state index contributed by atoms with van der Waals surface area (Å²) in [7, 11) is 0. The first-order valence-electron chi connectivity index (χ1n) is 9.04. The molecule has 0 radical (unpaired) electrons. The van der Waals surface area contributed by atoms with Gasteiger partial charge in [0, 0.05) is 34.7 Å². The van der Waals surface area contributed by atoms with E-state index in [0.29, 0.717) is 11.3 Å². The summed E-state index contributed by atoms with van der Waals surface area (Å²) in [4.78, 5) is 31.7.